The van der Waals surface area contributed by atoms with Crippen LogP contribution in [0.4, 0.5) is 0 Å². The monoisotopic (exact) mass is 346 g/mol. The van der Waals surface area contributed by atoms with Crippen molar-refractivity contribution in [2.75, 3.05) is 0 Å². The van der Waals surface area contributed by atoms with Gasteiger partial charge in [0.15, 0.2) is 0 Å². The lowest BCUT2D eigenvalue weighted by Gasteiger charge is -2.12. The molecule has 0 bridgehead atoms. The Labute approximate surface area is 156 Å². The molecule has 0 radical (unpaired) electrons. The normalized spacial score (nSPS) is 13.3. The highest BCUT2D eigenvalue weighted by molar-refractivity contribution is 5.90. The summed E-state index contributed by atoms with van der Waals surface area (Å²) >= 11 is 0. The summed E-state index contributed by atoms with van der Waals surface area (Å²) in [6.45, 7) is 5.75. The van der Waals surface area contributed by atoms with E-state index in [1.165, 1.54) is 28.3 Å². The van der Waals surface area contributed by atoms with Gasteiger partial charge in [-0.2, -0.15) is 0 Å². The van der Waals surface area contributed by atoms with Crippen LogP contribution in [0.2, 0.25) is 0 Å². The van der Waals surface area contributed by atoms with Crippen molar-refractivity contribution < 1.29 is 9.90 Å². The zero-order valence-corrected chi connectivity index (χ0v) is 15.3. The van der Waals surface area contributed by atoms with Crippen molar-refractivity contribution in [2.45, 2.75) is 26.2 Å². The van der Waals surface area contributed by atoms with Gasteiger partial charge in [0.05, 0.1) is 5.92 Å². The summed E-state index contributed by atoms with van der Waals surface area (Å²) in [5.41, 5.74) is 4.98. The van der Waals surface area contributed by atoms with E-state index in [9.17, 15) is 4.79 Å². The predicted molar refractivity (Wildman–Crippen MR) is 110 cm³/mol. The number of aliphatic carboxylic acids is 1. The van der Waals surface area contributed by atoms with Gasteiger partial charge >= 0.3 is 5.97 Å². The Morgan fingerprint density at radius 1 is 1.00 bits per heavy atom. The number of hydrogen-bond acceptors (Lipinski definition) is 1. The van der Waals surface area contributed by atoms with Crippen molar-refractivity contribution in [3.8, 4) is 0 Å². The first kappa shape index (κ1) is 19.5. The molecule has 0 aliphatic carbocycles. The molecule has 0 heterocycles. The molecule has 0 aromatic heterocycles. The van der Waals surface area contributed by atoms with E-state index in [1.54, 1.807) is 0 Å². The predicted octanol–water partition coefficient (Wildman–Crippen LogP) is 6.23. The SMILES string of the molecule is C=CC(CC/C=C/C/C(=C(\C)c1ccccc1)c1ccccc1)C(=O)O. The fraction of sp³-hybridized carbons (Fsp3) is 0.208. The fourth-order valence-corrected chi connectivity index (χ4v) is 2.93. The largest absolute Gasteiger partial charge is 0.481 e. The standard InChI is InChI=1S/C24H26O2/c1-3-20(24(25)26)13-7-6-12-18-23(22-16-10-5-11-17-22)19(2)21-14-8-4-9-15-21/h3-6,8-12,14-17,20H,1,7,13,18H2,2H3,(H,25,26)/b12-6+,23-19-. The van der Waals surface area contributed by atoms with E-state index in [-0.39, 0.29) is 0 Å². The molecule has 2 heteroatoms. The molecule has 1 N–H and O–H groups in total. The van der Waals surface area contributed by atoms with Crippen LogP contribution in [0.3, 0.4) is 0 Å². The van der Waals surface area contributed by atoms with Crippen LogP contribution in [0.15, 0.2) is 85.5 Å². The minimum atomic E-state index is -0.807. The molecule has 2 rings (SSSR count). The van der Waals surface area contributed by atoms with E-state index in [0.29, 0.717) is 6.42 Å². The minimum absolute atomic E-state index is 0.477. The topological polar surface area (TPSA) is 37.3 Å². The second kappa shape index (κ2) is 10.2. The second-order valence-corrected chi connectivity index (χ2v) is 6.27. The van der Waals surface area contributed by atoms with E-state index < -0.39 is 11.9 Å². The number of benzene rings is 2. The molecule has 1 atom stereocenters. The summed E-state index contributed by atoms with van der Waals surface area (Å²) in [6, 6.07) is 20.8. The number of hydrogen-bond donors (Lipinski definition) is 1. The number of allylic oxidation sites excluding steroid dienone is 4. The summed E-state index contributed by atoms with van der Waals surface area (Å²) in [6.07, 6.45) is 7.84. The van der Waals surface area contributed by atoms with Crippen LogP contribution in [0.5, 0.6) is 0 Å². The molecule has 2 aromatic rings. The molecule has 0 saturated carbocycles. The van der Waals surface area contributed by atoms with Crippen molar-refractivity contribution in [1.82, 2.24) is 0 Å². The van der Waals surface area contributed by atoms with Gasteiger partial charge in [-0.25, -0.2) is 0 Å². The molecule has 1 unspecified atom stereocenters. The van der Waals surface area contributed by atoms with Crippen LogP contribution in [-0.4, -0.2) is 11.1 Å². The quantitative estimate of drug-likeness (QED) is 0.431. The van der Waals surface area contributed by atoms with Crippen molar-refractivity contribution >= 4 is 17.1 Å². The molecule has 0 amide bonds. The van der Waals surface area contributed by atoms with Gasteiger partial charge in [-0.1, -0.05) is 78.9 Å². The number of carboxylic acid groups (broad SMARTS) is 1. The Kier molecular flexibility index (Phi) is 7.63. The third-order valence-electron chi connectivity index (χ3n) is 4.52. The van der Waals surface area contributed by atoms with Crippen LogP contribution in [-0.2, 0) is 4.79 Å². The molecule has 0 spiro atoms. The highest BCUT2D eigenvalue weighted by Crippen LogP contribution is 2.29. The van der Waals surface area contributed by atoms with Crippen LogP contribution in [0, 0.1) is 5.92 Å². The van der Waals surface area contributed by atoms with Gasteiger partial charge in [-0.3, -0.25) is 4.79 Å². The van der Waals surface area contributed by atoms with Crippen LogP contribution in [0.1, 0.15) is 37.3 Å². The van der Waals surface area contributed by atoms with Gasteiger partial charge in [0, 0.05) is 0 Å². The average Bonchev–Trinajstić information content (AvgIpc) is 2.68. The van der Waals surface area contributed by atoms with Gasteiger partial charge in [0.25, 0.3) is 0 Å². The van der Waals surface area contributed by atoms with E-state index in [0.717, 1.165) is 12.8 Å². The minimum Gasteiger partial charge on any atom is -0.481 e. The summed E-state index contributed by atoms with van der Waals surface area (Å²) in [5, 5.41) is 9.06. The van der Waals surface area contributed by atoms with Crippen LogP contribution >= 0.6 is 0 Å². The maximum absolute atomic E-state index is 11.0. The smallest absolute Gasteiger partial charge is 0.310 e. The molecular weight excluding hydrogens is 320 g/mol. The maximum Gasteiger partial charge on any atom is 0.310 e. The zero-order valence-electron chi connectivity index (χ0n) is 15.3. The lowest BCUT2D eigenvalue weighted by Crippen LogP contribution is -2.09. The first-order chi connectivity index (χ1) is 12.6. The molecule has 26 heavy (non-hydrogen) atoms. The van der Waals surface area contributed by atoms with Crippen molar-refractivity contribution in [2.24, 2.45) is 5.92 Å². The summed E-state index contributed by atoms with van der Waals surface area (Å²) in [4.78, 5) is 11.0. The molecule has 2 aromatic carbocycles. The fourth-order valence-electron chi connectivity index (χ4n) is 2.93. The highest BCUT2D eigenvalue weighted by atomic mass is 16.4. The summed E-state index contributed by atoms with van der Waals surface area (Å²) < 4.78 is 0. The van der Waals surface area contributed by atoms with Gasteiger partial charge < -0.3 is 5.11 Å². The third kappa shape index (κ3) is 5.59. The first-order valence-corrected chi connectivity index (χ1v) is 8.94. The Bertz CT molecular complexity index is 770. The Balaban J connectivity index is 2.15. The van der Waals surface area contributed by atoms with E-state index in [4.69, 9.17) is 5.11 Å². The number of carbonyl (C=O) groups is 1. The van der Waals surface area contributed by atoms with E-state index in [1.807, 2.05) is 12.1 Å². The van der Waals surface area contributed by atoms with Crippen LogP contribution in [0.25, 0.3) is 11.1 Å². The molecule has 0 aliphatic rings. The lowest BCUT2D eigenvalue weighted by atomic mass is 9.93. The maximum atomic E-state index is 11.0. The highest BCUT2D eigenvalue weighted by Gasteiger charge is 2.11. The van der Waals surface area contributed by atoms with Crippen molar-refractivity contribution in [3.05, 3.63) is 96.6 Å². The number of carboxylic acids is 1. The Morgan fingerprint density at radius 2 is 1.58 bits per heavy atom. The van der Waals surface area contributed by atoms with Gasteiger partial charge in [0.2, 0.25) is 0 Å². The van der Waals surface area contributed by atoms with E-state index in [2.05, 4.69) is 74.2 Å². The van der Waals surface area contributed by atoms with Crippen molar-refractivity contribution in [3.63, 3.8) is 0 Å². The van der Waals surface area contributed by atoms with Gasteiger partial charge in [-0.15, -0.1) is 6.58 Å². The molecule has 0 aliphatic heterocycles. The van der Waals surface area contributed by atoms with E-state index >= 15 is 0 Å². The molecule has 0 fully saturated rings. The molecule has 0 saturated heterocycles. The van der Waals surface area contributed by atoms with Crippen LogP contribution < -0.4 is 0 Å². The Morgan fingerprint density at radius 3 is 2.12 bits per heavy atom. The molecular formula is C24H26O2. The number of rotatable bonds is 9. The van der Waals surface area contributed by atoms with Crippen molar-refractivity contribution in [1.29, 1.82) is 0 Å². The first-order valence-electron chi connectivity index (χ1n) is 8.94. The third-order valence-corrected chi connectivity index (χ3v) is 4.52. The van der Waals surface area contributed by atoms with Gasteiger partial charge in [0.1, 0.15) is 0 Å². The second-order valence-electron chi connectivity index (χ2n) is 6.27. The lowest BCUT2D eigenvalue weighted by molar-refractivity contribution is -0.140. The molecule has 2 nitrogen and oxygen atoms in total. The summed E-state index contributed by atoms with van der Waals surface area (Å²) in [5.74, 6) is -1.28. The van der Waals surface area contributed by atoms with Gasteiger partial charge in [-0.05, 0) is 48.5 Å². The zero-order chi connectivity index (χ0) is 18.8. The average molecular weight is 346 g/mol. The summed E-state index contributed by atoms with van der Waals surface area (Å²) in [7, 11) is 0. The Hall–Kier alpha value is -2.87. The molecule has 134 valence electrons.